The summed E-state index contributed by atoms with van der Waals surface area (Å²) in [7, 11) is 0. The van der Waals surface area contributed by atoms with Gasteiger partial charge in [-0.25, -0.2) is 0 Å². The van der Waals surface area contributed by atoms with Gasteiger partial charge in [-0.3, -0.25) is 0 Å². The zero-order valence-electron chi connectivity index (χ0n) is 8.56. The Morgan fingerprint density at radius 2 is 1.87 bits per heavy atom. The lowest BCUT2D eigenvalue weighted by atomic mass is 9.78. The monoisotopic (exact) mass is 214 g/mol. The molecule has 2 rings (SSSR count). The highest BCUT2D eigenvalue weighted by Gasteiger charge is 2.36. The summed E-state index contributed by atoms with van der Waals surface area (Å²) < 4.78 is 38.2. The lowest BCUT2D eigenvalue weighted by Gasteiger charge is -2.28. The molecule has 0 bridgehead atoms. The molecule has 1 aromatic carbocycles. The van der Waals surface area contributed by atoms with E-state index in [4.69, 9.17) is 0 Å². The van der Waals surface area contributed by atoms with Crippen molar-refractivity contribution in [2.75, 3.05) is 0 Å². The van der Waals surface area contributed by atoms with Crippen LogP contribution in [0.3, 0.4) is 0 Å². The van der Waals surface area contributed by atoms with Crippen LogP contribution in [-0.2, 0) is 6.18 Å². The third-order valence-corrected chi connectivity index (χ3v) is 3.06. The number of hydrogen-bond acceptors (Lipinski definition) is 0. The van der Waals surface area contributed by atoms with E-state index in [9.17, 15) is 13.2 Å². The molecule has 0 atom stereocenters. The molecule has 0 heterocycles. The summed E-state index contributed by atoms with van der Waals surface area (Å²) in [6.07, 6.45) is -1.37. The van der Waals surface area contributed by atoms with E-state index >= 15 is 0 Å². The van der Waals surface area contributed by atoms with Gasteiger partial charge in [0.05, 0.1) is 5.56 Å². The van der Waals surface area contributed by atoms with Crippen molar-refractivity contribution in [2.24, 2.45) is 0 Å². The molecule has 0 unspecified atom stereocenters. The second kappa shape index (κ2) is 3.54. The van der Waals surface area contributed by atoms with Gasteiger partial charge in [-0.1, -0.05) is 24.1 Å². The maximum Gasteiger partial charge on any atom is 0.416 e. The van der Waals surface area contributed by atoms with Crippen LogP contribution < -0.4 is 0 Å². The number of rotatable bonds is 1. The first kappa shape index (κ1) is 10.5. The summed E-state index contributed by atoms with van der Waals surface area (Å²) in [5.41, 5.74) is 0.719. The third kappa shape index (κ3) is 2.01. The molecule has 0 amide bonds. The van der Waals surface area contributed by atoms with Crippen molar-refractivity contribution in [1.82, 2.24) is 0 Å². The van der Waals surface area contributed by atoms with Crippen LogP contribution in [0.1, 0.15) is 41.9 Å². The van der Waals surface area contributed by atoms with Crippen LogP contribution in [0, 0.1) is 6.92 Å². The summed E-state index contributed by atoms with van der Waals surface area (Å²) in [5.74, 6) is 0.127. The molecule has 0 aromatic heterocycles. The normalized spacial score (nSPS) is 17.6. The van der Waals surface area contributed by atoms with Crippen LogP contribution in [0.25, 0.3) is 0 Å². The molecule has 1 aromatic rings. The van der Waals surface area contributed by atoms with E-state index in [2.05, 4.69) is 0 Å². The van der Waals surface area contributed by atoms with Crippen LogP contribution in [0.4, 0.5) is 13.2 Å². The van der Waals surface area contributed by atoms with Gasteiger partial charge in [0.2, 0.25) is 0 Å². The Hall–Kier alpha value is -0.990. The minimum atomic E-state index is -4.21. The maximum atomic E-state index is 12.7. The highest BCUT2D eigenvalue weighted by molar-refractivity contribution is 5.37. The first-order valence-electron chi connectivity index (χ1n) is 5.16. The zero-order chi connectivity index (χ0) is 11.1. The molecule has 15 heavy (non-hydrogen) atoms. The van der Waals surface area contributed by atoms with E-state index in [1.54, 1.807) is 19.1 Å². The average Bonchev–Trinajstić information content (AvgIpc) is 2.03. The molecule has 0 nitrogen and oxygen atoms in total. The van der Waals surface area contributed by atoms with Gasteiger partial charge in [-0.05, 0) is 37.3 Å². The molecule has 1 saturated carbocycles. The molecule has 0 spiro atoms. The minimum Gasteiger partial charge on any atom is -0.166 e. The van der Waals surface area contributed by atoms with Gasteiger partial charge >= 0.3 is 6.18 Å². The Kier molecular flexibility index (Phi) is 2.49. The van der Waals surface area contributed by atoms with Crippen LogP contribution in [0.2, 0.25) is 0 Å². The van der Waals surface area contributed by atoms with Crippen molar-refractivity contribution < 1.29 is 13.2 Å². The fraction of sp³-hybridized carbons (Fsp3) is 0.500. The predicted molar refractivity (Wildman–Crippen MR) is 52.8 cm³/mol. The molecular weight excluding hydrogens is 201 g/mol. The van der Waals surface area contributed by atoms with Gasteiger partial charge in [0.25, 0.3) is 0 Å². The fourth-order valence-electron chi connectivity index (χ4n) is 1.99. The van der Waals surface area contributed by atoms with Crippen molar-refractivity contribution in [2.45, 2.75) is 38.3 Å². The highest BCUT2D eigenvalue weighted by atomic mass is 19.4. The number of alkyl halides is 3. The molecule has 1 fully saturated rings. The largest absolute Gasteiger partial charge is 0.416 e. The second-order valence-corrected chi connectivity index (χ2v) is 4.22. The Morgan fingerprint density at radius 3 is 2.33 bits per heavy atom. The smallest absolute Gasteiger partial charge is 0.166 e. The molecule has 0 saturated heterocycles. The topological polar surface area (TPSA) is 0 Å². The summed E-state index contributed by atoms with van der Waals surface area (Å²) in [6.45, 7) is 1.69. The van der Waals surface area contributed by atoms with Gasteiger partial charge in [0.1, 0.15) is 0 Å². The van der Waals surface area contributed by atoms with E-state index < -0.39 is 11.7 Å². The van der Waals surface area contributed by atoms with E-state index in [0.717, 1.165) is 19.3 Å². The molecular formula is C12H13F3. The Morgan fingerprint density at radius 1 is 1.20 bits per heavy atom. The summed E-state index contributed by atoms with van der Waals surface area (Å²) in [6, 6.07) is 4.67. The van der Waals surface area contributed by atoms with Crippen LogP contribution in [0.5, 0.6) is 0 Å². The Bertz CT molecular complexity index is 362. The van der Waals surface area contributed by atoms with Crippen molar-refractivity contribution >= 4 is 0 Å². The molecule has 1 aliphatic rings. The predicted octanol–water partition coefficient (Wildman–Crippen LogP) is 4.28. The quantitative estimate of drug-likeness (QED) is 0.654. The van der Waals surface area contributed by atoms with E-state index in [1.807, 2.05) is 0 Å². The van der Waals surface area contributed by atoms with Gasteiger partial charge in [0, 0.05) is 0 Å². The average molecular weight is 214 g/mol. The molecule has 0 N–H and O–H groups in total. The van der Waals surface area contributed by atoms with Crippen LogP contribution in [0.15, 0.2) is 18.2 Å². The van der Waals surface area contributed by atoms with Crippen molar-refractivity contribution in [1.29, 1.82) is 0 Å². The van der Waals surface area contributed by atoms with E-state index in [-0.39, 0.29) is 5.92 Å². The van der Waals surface area contributed by atoms with Crippen LogP contribution in [-0.4, -0.2) is 0 Å². The van der Waals surface area contributed by atoms with Gasteiger partial charge in [-0.15, -0.1) is 0 Å². The third-order valence-electron chi connectivity index (χ3n) is 3.06. The zero-order valence-corrected chi connectivity index (χ0v) is 8.56. The van der Waals surface area contributed by atoms with Crippen LogP contribution >= 0.6 is 0 Å². The molecule has 0 aliphatic heterocycles. The van der Waals surface area contributed by atoms with Gasteiger partial charge in [-0.2, -0.15) is 13.2 Å². The summed E-state index contributed by atoms with van der Waals surface area (Å²) in [5, 5.41) is 0. The number of benzene rings is 1. The number of hydrogen-bond donors (Lipinski definition) is 0. The standard InChI is InChI=1S/C12H13F3/c1-8-5-6-10(9-3-2-4-9)11(7-8)12(13,14)15/h5-7,9H,2-4H2,1H3. The molecule has 3 heteroatoms. The highest BCUT2D eigenvalue weighted by Crippen LogP contribution is 2.43. The molecule has 0 radical (unpaired) electrons. The lowest BCUT2D eigenvalue weighted by molar-refractivity contribution is -0.138. The Labute approximate surface area is 87.1 Å². The van der Waals surface area contributed by atoms with Crippen molar-refractivity contribution in [3.05, 3.63) is 34.9 Å². The van der Waals surface area contributed by atoms with Crippen molar-refractivity contribution in [3.63, 3.8) is 0 Å². The Balaban J connectivity index is 2.44. The lowest BCUT2D eigenvalue weighted by Crippen LogP contribution is -2.16. The minimum absolute atomic E-state index is 0.127. The fourth-order valence-corrected chi connectivity index (χ4v) is 1.99. The molecule has 82 valence electrons. The summed E-state index contributed by atoms with van der Waals surface area (Å²) in [4.78, 5) is 0. The van der Waals surface area contributed by atoms with E-state index in [1.165, 1.54) is 6.07 Å². The van der Waals surface area contributed by atoms with Gasteiger partial charge < -0.3 is 0 Å². The second-order valence-electron chi connectivity index (χ2n) is 4.22. The van der Waals surface area contributed by atoms with E-state index in [0.29, 0.717) is 11.1 Å². The summed E-state index contributed by atoms with van der Waals surface area (Å²) >= 11 is 0. The number of aryl methyl sites for hydroxylation is 1. The van der Waals surface area contributed by atoms with Gasteiger partial charge in [0.15, 0.2) is 0 Å². The number of halogens is 3. The SMILES string of the molecule is Cc1ccc(C2CCC2)c(C(F)(F)F)c1. The first-order valence-corrected chi connectivity index (χ1v) is 5.16. The first-order chi connectivity index (χ1) is 6.98. The van der Waals surface area contributed by atoms with Crippen molar-refractivity contribution in [3.8, 4) is 0 Å². The molecule has 1 aliphatic carbocycles. The maximum absolute atomic E-state index is 12.7.